The van der Waals surface area contributed by atoms with Crippen LogP contribution >= 0.6 is 0 Å². The lowest BCUT2D eigenvalue weighted by molar-refractivity contribution is 0.639. The van der Waals surface area contributed by atoms with Crippen molar-refractivity contribution in [3.05, 3.63) is 36.0 Å². The van der Waals surface area contributed by atoms with E-state index >= 15 is 0 Å². The fraction of sp³-hybridized carbons (Fsp3) is 0.100. The van der Waals surface area contributed by atoms with Crippen molar-refractivity contribution in [3.63, 3.8) is 0 Å². The highest BCUT2D eigenvalue weighted by Gasteiger charge is 2.09. The summed E-state index contributed by atoms with van der Waals surface area (Å²) in [6.45, 7) is 1.78. The van der Waals surface area contributed by atoms with Crippen LogP contribution in [0.2, 0.25) is 0 Å². The number of nitrogens with zero attached hydrogens (tertiary/aromatic N) is 4. The first-order chi connectivity index (χ1) is 7.27. The normalized spacial score (nSPS) is 11.3. The van der Waals surface area contributed by atoms with Gasteiger partial charge in [-0.2, -0.15) is 9.61 Å². The van der Waals surface area contributed by atoms with Gasteiger partial charge in [-0.15, -0.1) is 10.2 Å². The average molecular weight is 202 g/mol. The third-order valence-corrected chi connectivity index (χ3v) is 2.38. The van der Waals surface area contributed by atoms with Gasteiger partial charge < -0.3 is 0 Å². The Labute approximate surface area is 84.4 Å². The maximum Gasteiger partial charge on any atom is 0.188 e. The van der Waals surface area contributed by atoms with Gasteiger partial charge >= 0.3 is 0 Å². The molecule has 3 aromatic rings. The first-order valence-corrected chi connectivity index (χ1v) is 4.52. The van der Waals surface area contributed by atoms with Crippen LogP contribution in [0, 0.1) is 12.7 Å². The molecular formula is C10H7FN4. The van der Waals surface area contributed by atoms with Crippen molar-refractivity contribution in [3.8, 4) is 0 Å². The van der Waals surface area contributed by atoms with Crippen LogP contribution in [0.3, 0.4) is 0 Å². The van der Waals surface area contributed by atoms with Gasteiger partial charge in [0.05, 0.1) is 11.6 Å². The van der Waals surface area contributed by atoms with E-state index < -0.39 is 0 Å². The second-order valence-corrected chi connectivity index (χ2v) is 3.33. The van der Waals surface area contributed by atoms with Gasteiger partial charge in [-0.05, 0) is 13.0 Å². The molecular weight excluding hydrogens is 195 g/mol. The van der Waals surface area contributed by atoms with E-state index in [2.05, 4.69) is 15.3 Å². The molecule has 0 bridgehead atoms. The molecule has 5 heteroatoms. The van der Waals surface area contributed by atoms with Gasteiger partial charge in [0.25, 0.3) is 0 Å². The quantitative estimate of drug-likeness (QED) is 0.557. The summed E-state index contributed by atoms with van der Waals surface area (Å²) >= 11 is 0. The third kappa shape index (κ3) is 1.03. The Morgan fingerprint density at radius 2 is 2.13 bits per heavy atom. The molecule has 0 N–H and O–H groups in total. The molecule has 0 aliphatic heterocycles. The number of benzene rings is 1. The van der Waals surface area contributed by atoms with Crippen molar-refractivity contribution in [1.82, 2.24) is 19.8 Å². The maximum atomic E-state index is 13.6. The van der Waals surface area contributed by atoms with Crippen LogP contribution < -0.4 is 0 Å². The van der Waals surface area contributed by atoms with Crippen LogP contribution in [0.15, 0.2) is 24.4 Å². The van der Waals surface area contributed by atoms with E-state index in [1.807, 2.05) is 0 Å². The van der Waals surface area contributed by atoms with Crippen LogP contribution in [-0.2, 0) is 0 Å². The molecule has 0 radical (unpaired) electrons. The molecule has 4 nitrogen and oxygen atoms in total. The Hall–Kier alpha value is -2.04. The zero-order chi connectivity index (χ0) is 10.4. The van der Waals surface area contributed by atoms with Crippen molar-refractivity contribution in [2.75, 3.05) is 0 Å². The summed E-state index contributed by atoms with van der Waals surface area (Å²) in [5.74, 6) is 0.349. The molecule has 1 aromatic carbocycles. The second kappa shape index (κ2) is 2.73. The third-order valence-electron chi connectivity index (χ3n) is 2.38. The Kier molecular flexibility index (Phi) is 1.50. The predicted octanol–water partition coefficient (Wildman–Crippen LogP) is 1.73. The fourth-order valence-electron chi connectivity index (χ4n) is 1.66. The van der Waals surface area contributed by atoms with Crippen LogP contribution in [0.4, 0.5) is 4.39 Å². The number of fused-ring (bicyclic) bond motifs is 3. The highest BCUT2D eigenvalue weighted by atomic mass is 19.1. The molecule has 0 spiro atoms. The maximum absolute atomic E-state index is 13.6. The standard InChI is InChI=1S/C10H7FN4/c1-6-13-14-10-9-7(5-12-15(6)10)3-2-4-8(9)11/h2-5H,1H3. The molecule has 0 unspecified atom stereocenters. The van der Waals surface area contributed by atoms with Gasteiger partial charge in [0.1, 0.15) is 5.82 Å². The molecule has 3 rings (SSSR count). The monoisotopic (exact) mass is 202 g/mol. The largest absolute Gasteiger partial charge is 0.206 e. The Balaban J connectivity index is 2.64. The van der Waals surface area contributed by atoms with Gasteiger partial charge in [-0.3, -0.25) is 0 Å². The summed E-state index contributed by atoms with van der Waals surface area (Å²) in [6, 6.07) is 4.86. The summed E-state index contributed by atoms with van der Waals surface area (Å²) in [6.07, 6.45) is 1.61. The topological polar surface area (TPSA) is 43.1 Å². The zero-order valence-electron chi connectivity index (χ0n) is 7.98. The number of aryl methyl sites for hydroxylation is 1. The Morgan fingerprint density at radius 3 is 3.00 bits per heavy atom. The van der Waals surface area contributed by atoms with Gasteiger partial charge in [-0.25, -0.2) is 4.39 Å². The molecule has 0 amide bonds. The fourth-order valence-corrected chi connectivity index (χ4v) is 1.66. The summed E-state index contributed by atoms with van der Waals surface area (Å²) in [7, 11) is 0. The minimum absolute atomic E-state index is 0.299. The summed E-state index contributed by atoms with van der Waals surface area (Å²) in [5.41, 5.74) is 0.461. The average Bonchev–Trinajstić information content (AvgIpc) is 2.61. The lowest BCUT2D eigenvalue weighted by Crippen LogP contribution is -1.95. The molecule has 0 fully saturated rings. The minimum Gasteiger partial charge on any atom is -0.206 e. The predicted molar refractivity (Wildman–Crippen MR) is 53.0 cm³/mol. The second-order valence-electron chi connectivity index (χ2n) is 3.33. The van der Waals surface area contributed by atoms with E-state index in [1.54, 1.807) is 25.3 Å². The number of hydrogen-bond acceptors (Lipinski definition) is 3. The van der Waals surface area contributed by atoms with Crippen molar-refractivity contribution >= 4 is 16.4 Å². The van der Waals surface area contributed by atoms with Crippen molar-refractivity contribution < 1.29 is 4.39 Å². The highest BCUT2D eigenvalue weighted by Crippen LogP contribution is 2.20. The first kappa shape index (κ1) is 8.28. The van der Waals surface area contributed by atoms with Crippen LogP contribution in [-0.4, -0.2) is 19.8 Å². The smallest absolute Gasteiger partial charge is 0.188 e. The van der Waals surface area contributed by atoms with Crippen molar-refractivity contribution in [1.29, 1.82) is 0 Å². The van der Waals surface area contributed by atoms with Crippen LogP contribution in [0.1, 0.15) is 5.82 Å². The Morgan fingerprint density at radius 1 is 1.27 bits per heavy atom. The molecule has 0 aliphatic carbocycles. The molecule has 2 aromatic heterocycles. The number of hydrogen-bond donors (Lipinski definition) is 0. The van der Waals surface area contributed by atoms with Gasteiger partial charge in [-0.1, -0.05) is 12.1 Å². The molecule has 15 heavy (non-hydrogen) atoms. The van der Waals surface area contributed by atoms with E-state index in [-0.39, 0.29) is 5.82 Å². The molecule has 0 saturated heterocycles. The minimum atomic E-state index is -0.299. The highest BCUT2D eigenvalue weighted by molar-refractivity contribution is 5.93. The molecule has 0 atom stereocenters. The van der Waals surface area contributed by atoms with E-state index in [1.165, 1.54) is 10.6 Å². The number of rotatable bonds is 0. The SMILES string of the molecule is Cc1nnc2c3c(F)cccc3cnn12. The molecule has 74 valence electrons. The zero-order valence-corrected chi connectivity index (χ0v) is 7.98. The van der Waals surface area contributed by atoms with Gasteiger partial charge in [0.2, 0.25) is 0 Å². The van der Waals surface area contributed by atoms with Crippen molar-refractivity contribution in [2.24, 2.45) is 0 Å². The summed E-state index contributed by atoms with van der Waals surface area (Å²) in [4.78, 5) is 0. The number of aromatic nitrogens is 4. The van der Waals surface area contributed by atoms with Crippen LogP contribution in [0.5, 0.6) is 0 Å². The van der Waals surface area contributed by atoms with E-state index in [0.29, 0.717) is 16.9 Å². The summed E-state index contributed by atoms with van der Waals surface area (Å²) < 4.78 is 15.1. The van der Waals surface area contributed by atoms with E-state index in [0.717, 1.165) is 5.39 Å². The molecule has 0 aliphatic rings. The Bertz CT molecular complexity index is 659. The lowest BCUT2D eigenvalue weighted by Gasteiger charge is -2.00. The lowest BCUT2D eigenvalue weighted by atomic mass is 10.2. The summed E-state index contributed by atoms with van der Waals surface area (Å²) in [5, 5.41) is 13.1. The molecule has 2 heterocycles. The van der Waals surface area contributed by atoms with E-state index in [4.69, 9.17) is 0 Å². The van der Waals surface area contributed by atoms with E-state index in [9.17, 15) is 4.39 Å². The number of halogens is 1. The van der Waals surface area contributed by atoms with Crippen molar-refractivity contribution in [2.45, 2.75) is 6.92 Å². The van der Waals surface area contributed by atoms with Crippen LogP contribution in [0.25, 0.3) is 16.4 Å². The van der Waals surface area contributed by atoms with Gasteiger partial charge in [0.15, 0.2) is 11.5 Å². The first-order valence-electron chi connectivity index (χ1n) is 4.52. The molecule has 0 saturated carbocycles. The van der Waals surface area contributed by atoms with Gasteiger partial charge in [0, 0.05) is 5.39 Å².